The van der Waals surface area contributed by atoms with E-state index in [9.17, 15) is 4.79 Å². The topological polar surface area (TPSA) is 97.8 Å². The number of hydrogen-bond acceptors (Lipinski definition) is 6. The Kier molecular flexibility index (Phi) is 6.42. The van der Waals surface area contributed by atoms with Gasteiger partial charge in [-0.2, -0.15) is 5.90 Å². The number of aliphatic imine (C=N–C) groups is 1. The molecule has 0 aliphatic carbocycles. The van der Waals surface area contributed by atoms with Gasteiger partial charge in [0.15, 0.2) is 12.3 Å². The van der Waals surface area contributed by atoms with E-state index in [2.05, 4.69) is 9.83 Å². The summed E-state index contributed by atoms with van der Waals surface area (Å²) >= 11 is 0. The SMILES string of the molecule is N=COC1=NC(CCCCC(=O)ON)=CC=CC1. The summed E-state index contributed by atoms with van der Waals surface area (Å²) in [6.45, 7) is 0. The second-order valence-corrected chi connectivity index (χ2v) is 3.73. The number of allylic oxidation sites excluding steroid dienone is 3. The van der Waals surface area contributed by atoms with E-state index in [4.69, 9.17) is 16.0 Å². The maximum absolute atomic E-state index is 10.8. The number of ether oxygens (including phenoxy) is 1. The van der Waals surface area contributed by atoms with Gasteiger partial charge in [-0.1, -0.05) is 12.2 Å². The molecule has 0 bridgehead atoms. The van der Waals surface area contributed by atoms with Gasteiger partial charge in [-0.3, -0.25) is 10.2 Å². The van der Waals surface area contributed by atoms with Crippen LogP contribution in [0, 0.1) is 5.41 Å². The summed E-state index contributed by atoms with van der Waals surface area (Å²) in [5, 5.41) is 6.88. The molecule has 0 saturated heterocycles. The van der Waals surface area contributed by atoms with E-state index in [1.807, 2.05) is 18.2 Å². The molecule has 1 heterocycles. The van der Waals surface area contributed by atoms with Crippen LogP contribution in [0.25, 0.3) is 0 Å². The minimum Gasteiger partial charge on any atom is -0.432 e. The first-order chi connectivity index (χ1) is 8.76. The molecule has 98 valence electrons. The van der Waals surface area contributed by atoms with Gasteiger partial charge in [0.2, 0.25) is 0 Å². The Morgan fingerprint density at radius 3 is 3.11 bits per heavy atom. The van der Waals surface area contributed by atoms with Crippen molar-refractivity contribution in [2.24, 2.45) is 10.9 Å². The fraction of sp³-hybridized carbons (Fsp3) is 0.417. The Morgan fingerprint density at radius 2 is 2.39 bits per heavy atom. The highest BCUT2D eigenvalue weighted by atomic mass is 16.7. The highest BCUT2D eigenvalue weighted by Crippen LogP contribution is 2.14. The van der Waals surface area contributed by atoms with Crippen LogP contribution < -0.4 is 5.90 Å². The number of carbonyl (C=O) groups excluding carboxylic acids is 1. The molecule has 0 aromatic heterocycles. The lowest BCUT2D eigenvalue weighted by Crippen LogP contribution is -2.09. The van der Waals surface area contributed by atoms with Crippen molar-refractivity contribution < 1.29 is 14.4 Å². The molecule has 0 saturated carbocycles. The van der Waals surface area contributed by atoms with Crippen LogP contribution in [0.4, 0.5) is 0 Å². The van der Waals surface area contributed by atoms with E-state index in [-0.39, 0.29) is 0 Å². The molecule has 0 radical (unpaired) electrons. The molecule has 1 aliphatic rings. The van der Waals surface area contributed by atoms with Crippen molar-refractivity contribution >= 4 is 18.3 Å². The standard InChI is InChI=1S/C12H17N3O3/c13-9-17-11-7-3-1-5-10(15-11)6-2-4-8-12(16)18-14/h1,3,5,9,13H,2,4,6-8,14H2. The highest BCUT2D eigenvalue weighted by Gasteiger charge is 2.05. The first-order valence-electron chi connectivity index (χ1n) is 5.74. The quantitative estimate of drug-likeness (QED) is 0.325. The molecule has 0 aromatic rings. The third-order valence-electron chi connectivity index (χ3n) is 2.38. The van der Waals surface area contributed by atoms with Gasteiger partial charge < -0.3 is 9.57 Å². The van der Waals surface area contributed by atoms with Gasteiger partial charge in [0, 0.05) is 18.5 Å². The number of carbonyl (C=O) groups is 1. The Morgan fingerprint density at radius 1 is 1.56 bits per heavy atom. The predicted molar refractivity (Wildman–Crippen MR) is 67.9 cm³/mol. The molecule has 0 spiro atoms. The van der Waals surface area contributed by atoms with E-state index in [1.165, 1.54) is 0 Å². The van der Waals surface area contributed by atoms with E-state index >= 15 is 0 Å². The first-order valence-corrected chi connectivity index (χ1v) is 5.74. The molecule has 0 amide bonds. The summed E-state index contributed by atoms with van der Waals surface area (Å²) < 4.78 is 4.96. The molecule has 0 aromatic carbocycles. The number of nitrogens with zero attached hydrogens (tertiary/aromatic N) is 1. The van der Waals surface area contributed by atoms with Crippen molar-refractivity contribution in [2.75, 3.05) is 0 Å². The first kappa shape index (κ1) is 14.1. The maximum atomic E-state index is 10.8. The predicted octanol–water partition coefficient (Wildman–Crippen LogP) is 1.83. The summed E-state index contributed by atoms with van der Waals surface area (Å²) in [4.78, 5) is 19.2. The molecule has 0 unspecified atom stereocenters. The van der Waals surface area contributed by atoms with Crippen molar-refractivity contribution in [3.63, 3.8) is 0 Å². The van der Waals surface area contributed by atoms with Gasteiger partial charge in [-0.05, 0) is 25.3 Å². The van der Waals surface area contributed by atoms with Crippen LogP contribution in [0.1, 0.15) is 32.1 Å². The lowest BCUT2D eigenvalue weighted by Gasteiger charge is -2.03. The Bertz CT molecular complexity index is 386. The largest absolute Gasteiger partial charge is 0.432 e. The highest BCUT2D eigenvalue weighted by molar-refractivity contribution is 5.84. The van der Waals surface area contributed by atoms with E-state index in [0.717, 1.165) is 24.9 Å². The number of unbranched alkanes of at least 4 members (excludes halogenated alkanes) is 1. The normalized spacial score (nSPS) is 14.3. The minimum absolute atomic E-state index is 0.313. The summed E-state index contributed by atoms with van der Waals surface area (Å²) in [7, 11) is 0. The summed E-state index contributed by atoms with van der Waals surface area (Å²) in [5.74, 6) is 4.84. The Balaban J connectivity index is 2.38. The number of hydrogen-bond donors (Lipinski definition) is 2. The Labute approximate surface area is 106 Å². The molecular formula is C12H17N3O3. The van der Waals surface area contributed by atoms with Crippen LogP contribution in [0.2, 0.25) is 0 Å². The zero-order chi connectivity index (χ0) is 13.2. The van der Waals surface area contributed by atoms with Gasteiger partial charge in [-0.25, -0.2) is 4.99 Å². The smallest absolute Gasteiger partial charge is 0.324 e. The third-order valence-corrected chi connectivity index (χ3v) is 2.38. The van der Waals surface area contributed by atoms with Crippen molar-refractivity contribution in [1.29, 1.82) is 5.41 Å². The van der Waals surface area contributed by atoms with Gasteiger partial charge in [0.1, 0.15) is 0 Å². The second-order valence-electron chi connectivity index (χ2n) is 3.73. The van der Waals surface area contributed by atoms with E-state index < -0.39 is 5.97 Å². The molecule has 0 fully saturated rings. The summed E-state index contributed by atoms with van der Waals surface area (Å²) in [6, 6.07) is 0. The van der Waals surface area contributed by atoms with Crippen LogP contribution in [-0.4, -0.2) is 18.3 Å². The fourth-order valence-electron chi connectivity index (χ4n) is 1.51. The number of rotatable bonds is 6. The molecular weight excluding hydrogens is 234 g/mol. The molecule has 3 N–H and O–H groups in total. The van der Waals surface area contributed by atoms with Crippen molar-refractivity contribution in [3.05, 3.63) is 23.9 Å². The molecule has 1 rings (SSSR count). The van der Waals surface area contributed by atoms with Crippen LogP contribution in [0.3, 0.4) is 0 Å². The molecule has 18 heavy (non-hydrogen) atoms. The van der Waals surface area contributed by atoms with Crippen LogP contribution >= 0.6 is 0 Å². The van der Waals surface area contributed by atoms with Crippen molar-refractivity contribution in [3.8, 4) is 0 Å². The number of nitrogens with two attached hydrogens (primary N) is 1. The second kappa shape index (κ2) is 8.19. The average Bonchev–Trinajstić information content (AvgIpc) is 2.60. The average molecular weight is 251 g/mol. The minimum atomic E-state index is -0.402. The maximum Gasteiger partial charge on any atom is 0.324 e. The molecule has 6 nitrogen and oxygen atoms in total. The van der Waals surface area contributed by atoms with E-state index in [1.54, 1.807) is 0 Å². The third kappa shape index (κ3) is 5.40. The zero-order valence-corrected chi connectivity index (χ0v) is 10.1. The molecule has 0 atom stereocenters. The van der Waals surface area contributed by atoms with Crippen LogP contribution in [-0.2, 0) is 14.4 Å². The van der Waals surface area contributed by atoms with E-state index in [0.29, 0.717) is 25.2 Å². The summed E-state index contributed by atoms with van der Waals surface area (Å²) in [5.41, 5.74) is 0.877. The lowest BCUT2D eigenvalue weighted by atomic mass is 10.1. The molecule has 1 aliphatic heterocycles. The van der Waals surface area contributed by atoms with Crippen LogP contribution in [0.5, 0.6) is 0 Å². The molecule has 6 heteroatoms. The van der Waals surface area contributed by atoms with Gasteiger partial charge in [0.25, 0.3) is 0 Å². The fourth-order valence-corrected chi connectivity index (χ4v) is 1.51. The zero-order valence-electron chi connectivity index (χ0n) is 10.1. The van der Waals surface area contributed by atoms with Gasteiger partial charge >= 0.3 is 5.97 Å². The van der Waals surface area contributed by atoms with Crippen molar-refractivity contribution in [2.45, 2.75) is 32.1 Å². The van der Waals surface area contributed by atoms with Crippen LogP contribution in [0.15, 0.2) is 28.9 Å². The van der Waals surface area contributed by atoms with Crippen molar-refractivity contribution in [1.82, 2.24) is 0 Å². The summed E-state index contributed by atoms with van der Waals surface area (Å²) in [6.07, 6.45) is 9.75. The number of nitrogens with one attached hydrogen (secondary N) is 1. The Hall–Kier alpha value is -1.95. The lowest BCUT2D eigenvalue weighted by molar-refractivity contribution is -0.144. The van der Waals surface area contributed by atoms with Gasteiger partial charge in [-0.15, -0.1) is 0 Å². The monoisotopic (exact) mass is 251 g/mol. The van der Waals surface area contributed by atoms with Gasteiger partial charge in [0.05, 0.1) is 0 Å².